The van der Waals surface area contributed by atoms with E-state index in [2.05, 4.69) is 13.2 Å². The summed E-state index contributed by atoms with van der Waals surface area (Å²) in [5.74, 6) is 1.18. The molecule has 2 aromatic rings. The lowest BCUT2D eigenvalue weighted by Crippen LogP contribution is -2.08. The number of carbonyl (C=O) groups is 1. The first-order valence-electron chi connectivity index (χ1n) is 7.86. The summed E-state index contributed by atoms with van der Waals surface area (Å²) in [5, 5.41) is 0. The van der Waals surface area contributed by atoms with Crippen molar-refractivity contribution in [1.82, 2.24) is 0 Å². The highest BCUT2D eigenvalue weighted by Gasteiger charge is 2.09. The van der Waals surface area contributed by atoms with E-state index < -0.39 is 5.97 Å². The Hall–Kier alpha value is -3.41. The molecule has 0 heterocycles. The van der Waals surface area contributed by atoms with Crippen LogP contribution in [0.5, 0.6) is 17.2 Å². The molecule has 0 bridgehead atoms. The zero-order chi connectivity index (χ0) is 18.6. The summed E-state index contributed by atoms with van der Waals surface area (Å²) in [6.07, 6.45) is 2.65. The Morgan fingerprint density at radius 3 is 2.00 bits per heavy atom. The summed E-state index contributed by atoms with van der Waals surface area (Å²) >= 11 is 0. The number of benzene rings is 2. The third-order valence-corrected chi connectivity index (χ3v) is 3.12. The molecule has 0 aliphatic carbocycles. The van der Waals surface area contributed by atoms with Gasteiger partial charge in [0.05, 0.1) is 18.1 Å². The molecule has 136 valence electrons. The van der Waals surface area contributed by atoms with Gasteiger partial charge in [0.15, 0.2) is 0 Å². The molecule has 0 aromatic heterocycles. The number of rotatable bonds is 11. The smallest absolute Gasteiger partial charge is 0.343 e. The lowest BCUT2D eigenvalue weighted by Gasteiger charge is -2.08. The van der Waals surface area contributed by atoms with Gasteiger partial charge in [0, 0.05) is 0 Å². The second kappa shape index (κ2) is 10.5. The molecule has 6 heteroatoms. The predicted octanol–water partition coefficient (Wildman–Crippen LogP) is 3.94. The molecule has 0 amide bonds. The monoisotopic (exact) mass is 356 g/mol. The van der Waals surface area contributed by atoms with E-state index in [1.165, 1.54) is 12.5 Å². The van der Waals surface area contributed by atoms with Crippen LogP contribution in [0.2, 0.25) is 0 Å². The Kier molecular flexibility index (Phi) is 7.61. The van der Waals surface area contributed by atoms with Gasteiger partial charge >= 0.3 is 5.97 Å². The topological polar surface area (TPSA) is 63.2 Å². The minimum Gasteiger partial charge on any atom is -0.498 e. The maximum absolute atomic E-state index is 12.2. The van der Waals surface area contributed by atoms with Gasteiger partial charge in [0.1, 0.15) is 30.5 Å². The van der Waals surface area contributed by atoms with Crippen LogP contribution >= 0.6 is 0 Å². The summed E-state index contributed by atoms with van der Waals surface area (Å²) < 4.78 is 25.9. The van der Waals surface area contributed by atoms with E-state index in [0.717, 1.165) is 0 Å². The Morgan fingerprint density at radius 2 is 1.35 bits per heavy atom. The number of ether oxygens (including phenoxy) is 5. The van der Waals surface area contributed by atoms with E-state index in [9.17, 15) is 4.79 Å². The Labute approximate surface area is 152 Å². The fourth-order valence-electron chi connectivity index (χ4n) is 1.90. The van der Waals surface area contributed by atoms with Crippen LogP contribution in [0.15, 0.2) is 74.2 Å². The number of carbonyl (C=O) groups excluding carboxylic acids is 1. The second-order valence-corrected chi connectivity index (χ2v) is 4.87. The van der Waals surface area contributed by atoms with Gasteiger partial charge in [0.2, 0.25) is 6.79 Å². The van der Waals surface area contributed by atoms with Crippen molar-refractivity contribution in [3.05, 3.63) is 79.8 Å². The molecule has 0 unspecified atom stereocenters. The lowest BCUT2D eigenvalue weighted by molar-refractivity contribution is 0.0734. The first-order chi connectivity index (χ1) is 12.7. The summed E-state index contributed by atoms with van der Waals surface area (Å²) in [7, 11) is 0. The second-order valence-electron chi connectivity index (χ2n) is 4.87. The van der Waals surface area contributed by atoms with Gasteiger partial charge in [-0.1, -0.05) is 13.2 Å². The van der Waals surface area contributed by atoms with Gasteiger partial charge < -0.3 is 23.7 Å². The van der Waals surface area contributed by atoms with Crippen molar-refractivity contribution in [3.63, 3.8) is 0 Å². The van der Waals surface area contributed by atoms with Crippen molar-refractivity contribution in [2.45, 2.75) is 0 Å². The molecule has 26 heavy (non-hydrogen) atoms. The minimum absolute atomic E-state index is 0.0570. The first-order valence-corrected chi connectivity index (χ1v) is 7.86. The predicted molar refractivity (Wildman–Crippen MR) is 96.3 cm³/mol. The molecule has 0 fully saturated rings. The van der Waals surface area contributed by atoms with E-state index >= 15 is 0 Å². The van der Waals surface area contributed by atoms with Crippen LogP contribution < -0.4 is 14.2 Å². The number of hydrogen-bond donors (Lipinski definition) is 0. The lowest BCUT2D eigenvalue weighted by atomic mass is 10.2. The van der Waals surface area contributed by atoms with Crippen LogP contribution in [0, 0.1) is 0 Å². The summed E-state index contributed by atoms with van der Waals surface area (Å²) in [4.78, 5) is 12.2. The Morgan fingerprint density at radius 1 is 0.769 bits per heavy atom. The van der Waals surface area contributed by atoms with Crippen LogP contribution in [0.4, 0.5) is 0 Å². The van der Waals surface area contributed by atoms with Crippen molar-refractivity contribution < 1.29 is 28.5 Å². The summed E-state index contributed by atoms with van der Waals surface area (Å²) in [6, 6.07) is 13.3. The fraction of sp³-hybridized carbons (Fsp3) is 0.150. The molecule has 0 saturated carbocycles. The Balaban J connectivity index is 1.84. The molecule has 2 aromatic carbocycles. The van der Waals surface area contributed by atoms with Gasteiger partial charge in [0.25, 0.3) is 0 Å². The highest BCUT2D eigenvalue weighted by atomic mass is 16.7. The van der Waals surface area contributed by atoms with Crippen LogP contribution in [-0.4, -0.2) is 26.0 Å². The maximum Gasteiger partial charge on any atom is 0.343 e. The quantitative estimate of drug-likeness (QED) is 0.200. The van der Waals surface area contributed by atoms with E-state index in [-0.39, 0.29) is 6.79 Å². The van der Waals surface area contributed by atoms with Crippen molar-refractivity contribution in [2.75, 3.05) is 20.0 Å². The molecular formula is C20H20O6. The van der Waals surface area contributed by atoms with Gasteiger partial charge in [-0.05, 0) is 48.5 Å². The summed E-state index contributed by atoms with van der Waals surface area (Å²) in [6.45, 7) is 7.74. The SMILES string of the molecule is C=COCCOc1ccc(OC(=O)c2ccc(OCOC=C)cc2)cc1. The standard InChI is InChI=1S/C20H20O6/c1-3-22-13-14-24-17-9-11-19(12-10-17)26-20(21)16-5-7-18(8-6-16)25-15-23-4-2/h3-12H,1-2,13-15H2. The highest BCUT2D eigenvalue weighted by molar-refractivity contribution is 5.91. The van der Waals surface area contributed by atoms with Crippen molar-refractivity contribution in [3.8, 4) is 17.2 Å². The van der Waals surface area contributed by atoms with Crippen molar-refractivity contribution in [2.24, 2.45) is 0 Å². The van der Waals surface area contributed by atoms with Crippen LogP contribution in [-0.2, 0) is 9.47 Å². The molecule has 6 nitrogen and oxygen atoms in total. The van der Waals surface area contributed by atoms with Crippen molar-refractivity contribution in [1.29, 1.82) is 0 Å². The highest BCUT2D eigenvalue weighted by Crippen LogP contribution is 2.19. The molecule has 0 N–H and O–H groups in total. The van der Waals surface area contributed by atoms with Gasteiger partial charge in [-0.3, -0.25) is 0 Å². The summed E-state index contributed by atoms with van der Waals surface area (Å²) in [5.41, 5.74) is 0.406. The molecule has 0 atom stereocenters. The molecule has 0 spiro atoms. The number of esters is 1. The Bertz CT molecular complexity index is 706. The van der Waals surface area contributed by atoms with E-state index in [1.54, 1.807) is 48.5 Å². The molecular weight excluding hydrogens is 336 g/mol. The zero-order valence-corrected chi connectivity index (χ0v) is 14.3. The van der Waals surface area contributed by atoms with E-state index in [4.69, 9.17) is 23.7 Å². The molecule has 0 radical (unpaired) electrons. The zero-order valence-electron chi connectivity index (χ0n) is 14.3. The average molecular weight is 356 g/mol. The van der Waals surface area contributed by atoms with Crippen molar-refractivity contribution >= 4 is 5.97 Å². The minimum atomic E-state index is -0.466. The van der Waals surface area contributed by atoms with Gasteiger partial charge in [-0.2, -0.15) is 0 Å². The van der Waals surface area contributed by atoms with Crippen LogP contribution in [0.1, 0.15) is 10.4 Å². The van der Waals surface area contributed by atoms with Crippen LogP contribution in [0.25, 0.3) is 0 Å². The third-order valence-electron chi connectivity index (χ3n) is 3.12. The van der Waals surface area contributed by atoms with Gasteiger partial charge in [-0.25, -0.2) is 4.79 Å². The largest absolute Gasteiger partial charge is 0.498 e. The number of hydrogen-bond acceptors (Lipinski definition) is 6. The normalized spacial score (nSPS) is 9.69. The van der Waals surface area contributed by atoms with E-state index in [1.807, 2.05) is 0 Å². The van der Waals surface area contributed by atoms with Gasteiger partial charge in [-0.15, -0.1) is 0 Å². The molecule has 0 aliphatic heterocycles. The third kappa shape index (κ3) is 6.24. The average Bonchev–Trinajstić information content (AvgIpc) is 2.67. The van der Waals surface area contributed by atoms with Crippen LogP contribution in [0.3, 0.4) is 0 Å². The maximum atomic E-state index is 12.2. The molecule has 0 aliphatic rings. The van der Waals surface area contributed by atoms with E-state index in [0.29, 0.717) is 36.0 Å². The molecule has 2 rings (SSSR count). The first kappa shape index (κ1) is 18.9. The molecule has 0 saturated heterocycles. The fourth-order valence-corrected chi connectivity index (χ4v) is 1.90.